The Labute approximate surface area is 143 Å². The SMILES string of the molecule is Cn1c(=O)n(C)c2cc(C(=O)Nc3cccc4cccnc34)ccc21. The topological polar surface area (TPSA) is 68.9 Å². The van der Waals surface area contributed by atoms with Gasteiger partial charge in [0.2, 0.25) is 0 Å². The predicted molar refractivity (Wildman–Crippen MR) is 97.9 cm³/mol. The molecule has 0 saturated heterocycles. The summed E-state index contributed by atoms with van der Waals surface area (Å²) in [7, 11) is 3.41. The van der Waals surface area contributed by atoms with E-state index in [4.69, 9.17) is 0 Å². The lowest BCUT2D eigenvalue weighted by Gasteiger charge is -2.08. The number of nitrogens with one attached hydrogen (secondary N) is 1. The van der Waals surface area contributed by atoms with Crippen molar-refractivity contribution in [2.75, 3.05) is 5.32 Å². The quantitative estimate of drug-likeness (QED) is 0.613. The minimum Gasteiger partial charge on any atom is -0.320 e. The first-order valence-electron chi connectivity index (χ1n) is 7.87. The van der Waals surface area contributed by atoms with Crippen LogP contribution in [0.4, 0.5) is 5.69 Å². The second kappa shape index (κ2) is 5.59. The van der Waals surface area contributed by atoms with Crippen LogP contribution in [0.15, 0.2) is 59.5 Å². The number of hydrogen-bond acceptors (Lipinski definition) is 3. The van der Waals surface area contributed by atoms with E-state index in [1.54, 1.807) is 43.1 Å². The average Bonchev–Trinajstić information content (AvgIpc) is 2.86. The molecule has 0 spiro atoms. The Balaban J connectivity index is 1.75. The van der Waals surface area contributed by atoms with E-state index in [9.17, 15) is 9.59 Å². The molecule has 4 aromatic rings. The van der Waals surface area contributed by atoms with Crippen molar-refractivity contribution in [2.24, 2.45) is 14.1 Å². The summed E-state index contributed by atoms with van der Waals surface area (Å²) in [5.74, 6) is -0.239. The van der Waals surface area contributed by atoms with Crippen molar-refractivity contribution in [3.8, 4) is 0 Å². The lowest BCUT2D eigenvalue weighted by molar-refractivity contribution is 0.102. The molecule has 2 heterocycles. The van der Waals surface area contributed by atoms with Crippen molar-refractivity contribution in [3.05, 3.63) is 70.8 Å². The number of rotatable bonds is 2. The third-order valence-corrected chi connectivity index (χ3v) is 4.42. The van der Waals surface area contributed by atoms with E-state index in [0.717, 1.165) is 21.9 Å². The van der Waals surface area contributed by atoms with Crippen LogP contribution in [-0.4, -0.2) is 20.0 Å². The summed E-state index contributed by atoms with van der Waals surface area (Å²) in [5, 5.41) is 3.87. The van der Waals surface area contributed by atoms with Crippen LogP contribution in [-0.2, 0) is 14.1 Å². The molecule has 1 N–H and O–H groups in total. The summed E-state index contributed by atoms with van der Waals surface area (Å²) in [6.45, 7) is 0. The monoisotopic (exact) mass is 332 g/mol. The van der Waals surface area contributed by atoms with Gasteiger partial charge in [-0.25, -0.2) is 4.79 Å². The number of anilines is 1. The van der Waals surface area contributed by atoms with E-state index in [-0.39, 0.29) is 11.6 Å². The van der Waals surface area contributed by atoms with E-state index in [0.29, 0.717) is 11.3 Å². The Morgan fingerprint density at radius 1 is 1.00 bits per heavy atom. The standard InChI is InChI=1S/C19H16N4O2/c1-22-15-9-8-13(11-16(15)23(2)19(22)25)18(24)21-14-7-3-5-12-6-4-10-20-17(12)14/h3-11H,1-2H3,(H,21,24). The number of imidazole rings is 1. The molecule has 0 unspecified atom stereocenters. The number of nitrogens with zero attached hydrogens (tertiary/aromatic N) is 3. The summed E-state index contributed by atoms with van der Waals surface area (Å²) in [4.78, 5) is 29.0. The van der Waals surface area contributed by atoms with Crippen LogP contribution < -0.4 is 11.0 Å². The molecule has 2 aromatic heterocycles. The van der Waals surface area contributed by atoms with E-state index in [2.05, 4.69) is 10.3 Å². The summed E-state index contributed by atoms with van der Waals surface area (Å²) in [6, 6.07) is 14.7. The maximum absolute atomic E-state index is 12.7. The molecule has 0 fully saturated rings. The minimum absolute atomic E-state index is 0.120. The Kier molecular flexibility index (Phi) is 3.39. The molecular weight excluding hydrogens is 316 g/mol. The van der Waals surface area contributed by atoms with Crippen molar-refractivity contribution in [1.29, 1.82) is 0 Å². The van der Waals surface area contributed by atoms with Gasteiger partial charge in [-0.1, -0.05) is 18.2 Å². The van der Waals surface area contributed by atoms with Gasteiger partial charge in [-0.05, 0) is 30.3 Å². The second-order valence-electron chi connectivity index (χ2n) is 5.94. The maximum atomic E-state index is 12.7. The van der Waals surface area contributed by atoms with Crippen LogP contribution in [0, 0.1) is 0 Å². The van der Waals surface area contributed by atoms with Crippen LogP contribution in [0.2, 0.25) is 0 Å². The highest BCUT2D eigenvalue weighted by Crippen LogP contribution is 2.22. The highest BCUT2D eigenvalue weighted by atomic mass is 16.2. The normalized spacial score (nSPS) is 11.1. The number of aromatic nitrogens is 3. The number of amides is 1. The van der Waals surface area contributed by atoms with Crippen molar-refractivity contribution in [3.63, 3.8) is 0 Å². The zero-order valence-corrected chi connectivity index (χ0v) is 13.9. The van der Waals surface area contributed by atoms with Crippen molar-refractivity contribution >= 4 is 33.5 Å². The Morgan fingerprint density at radius 2 is 1.76 bits per heavy atom. The Hall–Kier alpha value is -3.41. The molecule has 0 aliphatic carbocycles. The molecule has 0 aliphatic rings. The third kappa shape index (κ3) is 2.39. The van der Waals surface area contributed by atoms with Gasteiger partial charge in [0.25, 0.3) is 5.91 Å². The fourth-order valence-electron chi connectivity index (χ4n) is 3.05. The van der Waals surface area contributed by atoms with Gasteiger partial charge in [-0.3, -0.25) is 18.9 Å². The summed E-state index contributed by atoms with van der Waals surface area (Å²) in [5.41, 5.74) is 3.27. The van der Waals surface area contributed by atoms with Crippen LogP contribution >= 0.6 is 0 Å². The fourth-order valence-corrected chi connectivity index (χ4v) is 3.05. The van der Waals surface area contributed by atoms with Crippen molar-refractivity contribution in [2.45, 2.75) is 0 Å². The van der Waals surface area contributed by atoms with Crippen LogP contribution in [0.25, 0.3) is 21.9 Å². The number of aryl methyl sites for hydroxylation is 2. The van der Waals surface area contributed by atoms with Gasteiger partial charge in [0, 0.05) is 31.2 Å². The molecule has 1 amide bonds. The van der Waals surface area contributed by atoms with Crippen LogP contribution in [0.1, 0.15) is 10.4 Å². The zero-order chi connectivity index (χ0) is 17.6. The number of hydrogen-bond donors (Lipinski definition) is 1. The number of carbonyl (C=O) groups excluding carboxylic acids is 1. The number of para-hydroxylation sites is 1. The molecule has 4 rings (SSSR count). The average molecular weight is 332 g/mol. The first-order chi connectivity index (χ1) is 12.1. The highest BCUT2D eigenvalue weighted by Gasteiger charge is 2.13. The molecule has 124 valence electrons. The van der Waals surface area contributed by atoms with Gasteiger partial charge < -0.3 is 5.32 Å². The number of carbonyl (C=O) groups is 1. The molecule has 0 bridgehead atoms. The molecule has 6 heteroatoms. The first-order valence-corrected chi connectivity index (χ1v) is 7.87. The largest absolute Gasteiger partial charge is 0.328 e. The molecule has 0 atom stereocenters. The van der Waals surface area contributed by atoms with Gasteiger partial charge >= 0.3 is 5.69 Å². The summed E-state index contributed by atoms with van der Waals surface area (Å²) < 4.78 is 3.09. The molecule has 2 aromatic carbocycles. The zero-order valence-electron chi connectivity index (χ0n) is 13.9. The Bertz CT molecular complexity index is 1180. The lowest BCUT2D eigenvalue weighted by atomic mass is 10.1. The molecule has 0 radical (unpaired) electrons. The predicted octanol–water partition coefficient (Wildman–Crippen LogP) is 2.68. The van der Waals surface area contributed by atoms with Crippen molar-refractivity contribution in [1.82, 2.24) is 14.1 Å². The number of pyridine rings is 1. The Morgan fingerprint density at radius 3 is 2.60 bits per heavy atom. The second-order valence-corrected chi connectivity index (χ2v) is 5.94. The summed E-state index contributed by atoms with van der Waals surface area (Å²) >= 11 is 0. The fraction of sp³-hybridized carbons (Fsp3) is 0.105. The third-order valence-electron chi connectivity index (χ3n) is 4.42. The van der Waals surface area contributed by atoms with Gasteiger partial charge in [-0.15, -0.1) is 0 Å². The van der Waals surface area contributed by atoms with Gasteiger partial charge in [0.05, 0.1) is 22.2 Å². The maximum Gasteiger partial charge on any atom is 0.328 e. The van der Waals surface area contributed by atoms with Gasteiger partial charge in [0.1, 0.15) is 0 Å². The summed E-state index contributed by atoms with van der Waals surface area (Å²) in [6.07, 6.45) is 1.70. The van der Waals surface area contributed by atoms with E-state index < -0.39 is 0 Å². The smallest absolute Gasteiger partial charge is 0.320 e. The molecule has 0 saturated carbocycles. The minimum atomic E-state index is -0.239. The molecule has 25 heavy (non-hydrogen) atoms. The molecule has 6 nitrogen and oxygen atoms in total. The molecule has 0 aliphatic heterocycles. The van der Waals surface area contributed by atoms with Crippen LogP contribution in [0.3, 0.4) is 0 Å². The van der Waals surface area contributed by atoms with E-state index in [1.165, 1.54) is 4.57 Å². The lowest BCUT2D eigenvalue weighted by Crippen LogP contribution is -2.19. The van der Waals surface area contributed by atoms with E-state index in [1.807, 2.05) is 30.3 Å². The van der Waals surface area contributed by atoms with Crippen molar-refractivity contribution < 1.29 is 4.79 Å². The first kappa shape index (κ1) is 15.1. The highest BCUT2D eigenvalue weighted by molar-refractivity contribution is 6.09. The van der Waals surface area contributed by atoms with Gasteiger partial charge in [0.15, 0.2) is 0 Å². The number of fused-ring (bicyclic) bond motifs is 2. The van der Waals surface area contributed by atoms with Crippen LogP contribution in [0.5, 0.6) is 0 Å². The van der Waals surface area contributed by atoms with Gasteiger partial charge in [-0.2, -0.15) is 0 Å². The molecular formula is C19H16N4O2. The van der Waals surface area contributed by atoms with E-state index >= 15 is 0 Å². The number of benzene rings is 2.